The Kier molecular flexibility index (Phi) is 3.86. The lowest BCUT2D eigenvalue weighted by atomic mass is 10.2. The molecule has 2 aromatic carbocycles. The molecule has 3 rings (SSSR count). The highest BCUT2D eigenvalue weighted by atomic mass is 35.5. The van der Waals surface area contributed by atoms with Gasteiger partial charge in [0, 0.05) is 5.69 Å². The molecule has 1 aliphatic rings. The Bertz CT molecular complexity index is 770. The molecular weight excluding hydrogens is 304 g/mol. The van der Waals surface area contributed by atoms with Gasteiger partial charge in [0.2, 0.25) is 6.10 Å². The Labute approximate surface area is 132 Å². The number of para-hydroxylation sites is 2. The largest absolute Gasteiger partial charge is 0.485 e. The molecule has 0 aliphatic carbocycles. The van der Waals surface area contributed by atoms with E-state index in [1.54, 1.807) is 24.3 Å². The zero-order chi connectivity index (χ0) is 15.5. The van der Waals surface area contributed by atoms with Gasteiger partial charge in [-0.1, -0.05) is 23.7 Å². The molecule has 0 fully saturated rings. The molecule has 2 aromatic rings. The van der Waals surface area contributed by atoms with Crippen LogP contribution in [0, 0.1) is 11.3 Å². The van der Waals surface area contributed by atoms with E-state index in [1.807, 2.05) is 18.2 Å². The van der Waals surface area contributed by atoms with E-state index in [4.69, 9.17) is 26.3 Å². The minimum absolute atomic E-state index is 0.132. The van der Waals surface area contributed by atoms with Crippen molar-refractivity contribution in [3.8, 4) is 17.6 Å². The lowest BCUT2D eigenvalue weighted by Crippen LogP contribution is -2.40. The standard InChI is InChI=1S/C16H11ClN2O3/c17-12-7-11(6-5-10(12)8-18)19-16(20)15-9-21-13-3-1-2-4-14(13)22-15/h1-7,15H,9H2,(H,19,20)/t15-/m1/s1. The summed E-state index contributed by atoms with van der Waals surface area (Å²) in [6, 6.07) is 13.8. The first-order chi connectivity index (χ1) is 10.7. The number of carbonyl (C=O) groups excluding carboxylic acids is 1. The molecule has 0 bridgehead atoms. The number of amides is 1. The fraction of sp³-hybridized carbons (Fsp3) is 0.125. The van der Waals surface area contributed by atoms with Gasteiger partial charge in [-0.2, -0.15) is 5.26 Å². The molecular formula is C16H11ClN2O3. The van der Waals surface area contributed by atoms with Gasteiger partial charge < -0.3 is 14.8 Å². The normalized spacial score (nSPS) is 15.7. The Balaban J connectivity index is 1.71. The highest BCUT2D eigenvalue weighted by molar-refractivity contribution is 6.32. The topological polar surface area (TPSA) is 71.4 Å². The van der Waals surface area contributed by atoms with Gasteiger partial charge in [0.05, 0.1) is 10.6 Å². The molecule has 0 saturated heterocycles. The quantitative estimate of drug-likeness (QED) is 0.925. The van der Waals surface area contributed by atoms with Crippen molar-refractivity contribution in [1.29, 1.82) is 5.26 Å². The van der Waals surface area contributed by atoms with Crippen LogP contribution < -0.4 is 14.8 Å². The van der Waals surface area contributed by atoms with Crippen molar-refractivity contribution >= 4 is 23.2 Å². The van der Waals surface area contributed by atoms with Crippen LogP contribution in [0.1, 0.15) is 5.56 Å². The van der Waals surface area contributed by atoms with Crippen molar-refractivity contribution in [1.82, 2.24) is 0 Å². The summed E-state index contributed by atoms with van der Waals surface area (Å²) in [6.45, 7) is 0.132. The predicted molar refractivity (Wildman–Crippen MR) is 81.1 cm³/mol. The number of nitriles is 1. The first-order valence-electron chi connectivity index (χ1n) is 6.56. The number of halogens is 1. The van der Waals surface area contributed by atoms with E-state index in [1.165, 1.54) is 6.07 Å². The van der Waals surface area contributed by atoms with Crippen molar-refractivity contribution in [2.45, 2.75) is 6.10 Å². The Hall–Kier alpha value is -2.71. The Morgan fingerprint density at radius 1 is 1.27 bits per heavy atom. The molecule has 1 atom stereocenters. The summed E-state index contributed by atoms with van der Waals surface area (Å²) in [7, 11) is 0. The summed E-state index contributed by atoms with van der Waals surface area (Å²) in [5.74, 6) is 0.815. The van der Waals surface area contributed by atoms with Crippen LogP contribution >= 0.6 is 11.6 Å². The third kappa shape index (κ3) is 2.83. The summed E-state index contributed by atoms with van der Waals surface area (Å²) in [6.07, 6.45) is -0.746. The van der Waals surface area contributed by atoms with Crippen LogP contribution in [0.15, 0.2) is 42.5 Å². The van der Waals surface area contributed by atoms with Crippen molar-refractivity contribution in [3.63, 3.8) is 0 Å². The summed E-state index contributed by atoms with van der Waals surface area (Å²) in [4.78, 5) is 12.2. The van der Waals surface area contributed by atoms with E-state index in [0.717, 1.165) is 0 Å². The number of carbonyl (C=O) groups is 1. The molecule has 6 heteroatoms. The summed E-state index contributed by atoms with van der Waals surface area (Å²) in [5, 5.41) is 11.8. The fourth-order valence-electron chi connectivity index (χ4n) is 2.06. The first kappa shape index (κ1) is 14.2. The number of rotatable bonds is 2. The molecule has 1 aliphatic heterocycles. The fourth-order valence-corrected chi connectivity index (χ4v) is 2.28. The van der Waals surface area contributed by atoms with Crippen molar-refractivity contribution < 1.29 is 14.3 Å². The minimum atomic E-state index is -0.746. The van der Waals surface area contributed by atoms with Gasteiger partial charge in [0.1, 0.15) is 12.7 Å². The lowest BCUT2D eigenvalue weighted by Gasteiger charge is -2.25. The second-order valence-electron chi connectivity index (χ2n) is 4.66. The van der Waals surface area contributed by atoms with E-state index in [-0.39, 0.29) is 17.5 Å². The van der Waals surface area contributed by atoms with Gasteiger partial charge in [-0.15, -0.1) is 0 Å². The Morgan fingerprint density at radius 2 is 2.05 bits per heavy atom. The van der Waals surface area contributed by atoms with Crippen LogP contribution in [0.25, 0.3) is 0 Å². The molecule has 0 spiro atoms. The molecule has 1 N–H and O–H groups in total. The minimum Gasteiger partial charge on any atom is -0.485 e. The number of anilines is 1. The number of hydrogen-bond donors (Lipinski definition) is 1. The molecule has 110 valence electrons. The number of benzene rings is 2. The summed E-state index contributed by atoms with van der Waals surface area (Å²) < 4.78 is 11.1. The highest BCUT2D eigenvalue weighted by Gasteiger charge is 2.27. The van der Waals surface area contributed by atoms with Crippen LogP contribution in [-0.4, -0.2) is 18.6 Å². The van der Waals surface area contributed by atoms with Crippen molar-refractivity contribution in [2.24, 2.45) is 0 Å². The smallest absolute Gasteiger partial charge is 0.269 e. The van der Waals surface area contributed by atoms with Crippen LogP contribution in [0.5, 0.6) is 11.5 Å². The highest BCUT2D eigenvalue weighted by Crippen LogP contribution is 2.31. The van der Waals surface area contributed by atoms with E-state index in [9.17, 15) is 4.79 Å². The van der Waals surface area contributed by atoms with Crippen molar-refractivity contribution in [2.75, 3.05) is 11.9 Å². The third-order valence-electron chi connectivity index (χ3n) is 3.16. The predicted octanol–water partition coefficient (Wildman–Crippen LogP) is 2.99. The average molecular weight is 315 g/mol. The SMILES string of the molecule is N#Cc1ccc(NC(=O)[C@H]2COc3ccccc3O2)cc1Cl. The number of nitrogens with one attached hydrogen (secondary N) is 1. The second kappa shape index (κ2) is 5.96. The maximum atomic E-state index is 12.2. The van der Waals surface area contributed by atoms with Crippen LogP contribution in [0.2, 0.25) is 5.02 Å². The number of hydrogen-bond acceptors (Lipinski definition) is 4. The van der Waals surface area contributed by atoms with E-state index < -0.39 is 6.10 Å². The van der Waals surface area contributed by atoms with Gasteiger partial charge in [0.25, 0.3) is 5.91 Å². The summed E-state index contributed by atoms with van der Waals surface area (Å²) in [5.41, 5.74) is 0.849. The first-order valence-corrected chi connectivity index (χ1v) is 6.94. The van der Waals surface area contributed by atoms with Gasteiger partial charge in [-0.05, 0) is 30.3 Å². The Morgan fingerprint density at radius 3 is 2.77 bits per heavy atom. The molecule has 0 saturated carbocycles. The van der Waals surface area contributed by atoms with Crippen LogP contribution in [-0.2, 0) is 4.79 Å². The molecule has 1 amide bonds. The molecule has 1 heterocycles. The van der Waals surface area contributed by atoms with Gasteiger partial charge in [-0.25, -0.2) is 0 Å². The van der Waals surface area contributed by atoms with Gasteiger partial charge in [0.15, 0.2) is 11.5 Å². The van der Waals surface area contributed by atoms with Crippen molar-refractivity contribution in [3.05, 3.63) is 53.1 Å². The molecule has 22 heavy (non-hydrogen) atoms. The zero-order valence-electron chi connectivity index (χ0n) is 11.4. The van der Waals surface area contributed by atoms with Gasteiger partial charge >= 0.3 is 0 Å². The van der Waals surface area contributed by atoms with Gasteiger partial charge in [-0.3, -0.25) is 4.79 Å². The van der Waals surface area contributed by atoms with Crippen LogP contribution in [0.3, 0.4) is 0 Å². The third-order valence-corrected chi connectivity index (χ3v) is 3.47. The number of nitrogens with zero attached hydrogens (tertiary/aromatic N) is 1. The maximum absolute atomic E-state index is 12.2. The lowest BCUT2D eigenvalue weighted by molar-refractivity contribution is -0.125. The van der Waals surface area contributed by atoms with Crippen LogP contribution in [0.4, 0.5) is 5.69 Å². The zero-order valence-corrected chi connectivity index (χ0v) is 12.1. The monoisotopic (exact) mass is 314 g/mol. The average Bonchev–Trinajstić information content (AvgIpc) is 2.54. The summed E-state index contributed by atoms with van der Waals surface area (Å²) >= 11 is 5.94. The van der Waals surface area contributed by atoms with E-state index in [2.05, 4.69) is 5.32 Å². The van der Waals surface area contributed by atoms with E-state index in [0.29, 0.717) is 22.7 Å². The second-order valence-corrected chi connectivity index (χ2v) is 5.07. The number of ether oxygens (including phenoxy) is 2. The maximum Gasteiger partial charge on any atom is 0.269 e. The molecule has 0 aromatic heterocycles. The molecule has 0 radical (unpaired) electrons. The van der Waals surface area contributed by atoms with E-state index >= 15 is 0 Å². The molecule has 5 nitrogen and oxygen atoms in total. The molecule has 0 unspecified atom stereocenters. The number of fused-ring (bicyclic) bond motifs is 1.